The van der Waals surface area contributed by atoms with Gasteiger partial charge in [0.2, 0.25) is 0 Å². The van der Waals surface area contributed by atoms with Crippen molar-refractivity contribution < 1.29 is 21.5 Å². The van der Waals surface area contributed by atoms with Crippen molar-refractivity contribution >= 4 is 11.5 Å². The molecule has 62 valence electrons. The average Bonchev–Trinajstić information content (AvgIpc) is 1.88. The molecule has 0 saturated heterocycles. The number of nitrogens with zero attached hydrogens (tertiary/aromatic N) is 1. The maximum atomic E-state index is 5.61. The Balaban J connectivity index is 0.000001000. The molecule has 0 aromatic carbocycles. The summed E-state index contributed by atoms with van der Waals surface area (Å²) >= 11 is 0. The van der Waals surface area contributed by atoms with Crippen molar-refractivity contribution in [1.82, 2.24) is 0 Å². The molecular weight excluding hydrogens is 206 g/mol. The Hall–Kier alpha value is -0.770. The van der Waals surface area contributed by atoms with Gasteiger partial charge < -0.3 is 22.7 Å². The fourth-order valence-corrected chi connectivity index (χ4v) is 0.852. The Labute approximate surface area is 76.8 Å². The van der Waals surface area contributed by atoms with Crippen molar-refractivity contribution in [2.45, 2.75) is 13.5 Å². The molecule has 0 unspecified atom stereocenters. The molecule has 0 aliphatic rings. The third kappa shape index (κ3) is 2.38. The summed E-state index contributed by atoms with van der Waals surface area (Å²) in [5.41, 5.74) is 11.8. The topological polar surface area (TPSA) is 55.9 Å². The summed E-state index contributed by atoms with van der Waals surface area (Å²) in [5, 5.41) is 0. The van der Waals surface area contributed by atoms with Gasteiger partial charge in [0.1, 0.15) is 0 Å². The van der Waals surface area contributed by atoms with E-state index in [1.54, 1.807) is 6.07 Å². The molecule has 3 nitrogen and oxygen atoms in total. The maximum absolute atomic E-state index is 5.61. The summed E-state index contributed by atoms with van der Waals surface area (Å²) in [5.74, 6) is 0.711. The number of hydrogen-bond acceptors (Lipinski definition) is 2. The van der Waals surface area contributed by atoms with Crippen LogP contribution < -0.4 is 33.0 Å². The highest BCUT2D eigenvalue weighted by Crippen LogP contribution is 2.01. The van der Waals surface area contributed by atoms with Gasteiger partial charge in [-0.1, -0.05) is 0 Å². The number of halogens is 1. The number of pyridine rings is 1. The van der Waals surface area contributed by atoms with Crippen molar-refractivity contribution in [3.8, 4) is 0 Å². The van der Waals surface area contributed by atoms with Gasteiger partial charge in [-0.2, -0.15) is 0 Å². The van der Waals surface area contributed by atoms with Crippen molar-refractivity contribution in [1.29, 1.82) is 0 Å². The lowest BCUT2D eigenvalue weighted by Crippen LogP contribution is -3.00. The summed E-state index contributed by atoms with van der Waals surface area (Å²) in [6.45, 7) is 2.92. The summed E-state index contributed by atoms with van der Waals surface area (Å²) in [6.07, 6.45) is 1.88. The average molecular weight is 218 g/mol. The molecule has 1 heterocycles. The lowest BCUT2D eigenvalue weighted by Gasteiger charge is -1.98. The molecule has 0 fully saturated rings. The molecule has 0 aliphatic carbocycles. The first-order valence-corrected chi connectivity index (χ1v) is 3.28. The largest absolute Gasteiger partial charge is 1.00 e. The first-order chi connectivity index (χ1) is 4.74. The van der Waals surface area contributed by atoms with E-state index in [4.69, 9.17) is 11.5 Å². The van der Waals surface area contributed by atoms with Crippen molar-refractivity contribution in [3.63, 3.8) is 0 Å². The first kappa shape index (κ1) is 10.2. The van der Waals surface area contributed by atoms with Gasteiger partial charge in [0.15, 0.2) is 0 Å². The number of aromatic nitrogens is 1. The van der Waals surface area contributed by atoms with Crippen LogP contribution in [0.3, 0.4) is 0 Å². The summed E-state index contributed by atoms with van der Waals surface area (Å²) in [7, 11) is 0. The molecule has 0 aliphatic heterocycles. The van der Waals surface area contributed by atoms with Crippen molar-refractivity contribution in [2.24, 2.45) is 0 Å². The highest BCUT2D eigenvalue weighted by atomic mass is 79.9. The molecule has 0 saturated carbocycles. The van der Waals surface area contributed by atoms with Gasteiger partial charge in [0.25, 0.3) is 5.82 Å². The molecular formula is C7H12BrN3. The number of rotatable bonds is 1. The molecule has 0 atom stereocenters. The van der Waals surface area contributed by atoms with E-state index < -0.39 is 0 Å². The van der Waals surface area contributed by atoms with Crippen LogP contribution in [0.4, 0.5) is 11.5 Å². The van der Waals surface area contributed by atoms with E-state index >= 15 is 0 Å². The van der Waals surface area contributed by atoms with E-state index in [-0.39, 0.29) is 17.0 Å². The van der Waals surface area contributed by atoms with Crippen LogP contribution in [0.25, 0.3) is 0 Å². The van der Waals surface area contributed by atoms with E-state index in [2.05, 4.69) is 0 Å². The van der Waals surface area contributed by atoms with E-state index in [9.17, 15) is 0 Å². The normalized spacial score (nSPS) is 8.82. The van der Waals surface area contributed by atoms with Crippen LogP contribution in [-0.2, 0) is 6.54 Å². The summed E-state index contributed by atoms with van der Waals surface area (Å²) < 4.78 is 1.93. The first-order valence-electron chi connectivity index (χ1n) is 3.28. The van der Waals surface area contributed by atoms with Gasteiger partial charge in [-0.05, 0) is 6.92 Å². The van der Waals surface area contributed by atoms with Crippen molar-refractivity contribution in [2.75, 3.05) is 11.5 Å². The van der Waals surface area contributed by atoms with Gasteiger partial charge in [0, 0.05) is 11.8 Å². The van der Waals surface area contributed by atoms with E-state index in [1.165, 1.54) is 0 Å². The highest BCUT2D eigenvalue weighted by Gasteiger charge is 1.99. The van der Waals surface area contributed by atoms with Crippen LogP contribution in [0, 0.1) is 0 Å². The highest BCUT2D eigenvalue weighted by molar-refractivity contribution is 5.42. The van der Waals surface area contributed by atoms with Gasteiger partial charge in [-0.3, -0.25) is 5.73 Å². The molecule has 1 rings (SSSR count). The maximum Gasteiger partial charge on any atom is 0.274 e. The van der Waals surface area contributed by atoms with Gasteiger partial charge >= 0.3 is 0 Å². The Morgan fingerprint density at radius 1 is 1.45 bits per heavy atom. The molecule has 4 N–H and O–H groups in total. The number of aryl methyl sites for hydroxylation is 1. The van der Waals surface area contributed by atoms with E-state index in [0.717, 1.165) is 6.54 Å². The lowest BCUT2D eigenvalue weighted by atomic mass is 10.4. The predicted octanol–water partition coefficient (Wildman–Crippen LogP) is -2.84. The quantitative estimate of drug-likeness (QED) is 0.499. The van der Waals surface area contributed by atoms with Crippen LogP contribution in [0.2, 0.25) is 0 Å². The standard InChI is InChI=1S/C7H11N3.BrH/c1-2-10-4-3-6(8)5-7(10)9;/h3-5H,2H2,1H3,(H3,8,9);1H. The van der Waals surface area contributed by atoms with Gasteiger partial charge in [0.05, 0.1) is 18.8 Å². The zero-order valence-corrected chi connectivity index (χ0v) is 8.01. The minimum atomic E-state index is 0. The summed E-state index contributed by atoms with van der Waals surface area (Å²) in [6, 6.07) is 3.59. The second-order valence-corrected chi connectivity index (χ2v) is 2.17. The minimum Gasteiger partial charge on any atom is -1.00 e. The number of hydrogen-bond donors (Lipinski definition) is 2. The van der Waals surface area contributed by atoms with Crippen LogP contribution in [0.5, 0.6) is 0 Å². The van der Waals surface area contributed by atoms with Gasteiger partial charge in [-0.15, -0.1) is 0 Å². The Morgan fingerprint density at radius 2 is 2.09 bits per heavy atom. The minimum absolute atomic E-state index is 0. The molecule has 0 spiro atoms. The summed E-state index contributed by atoms with van der Waals surface area (Å²) in [4.78, 5) is 0. The third-order valence-electron chi connectivity index (χ3n) is 1.43. The van der Waals surface area contributed by atoms with E-state index in [0.29, 0.717) is 11.5 Å². The van der Waals surface area contributed by atoms with Crippen LogP contribution in [0.1, 0.15) is 6.92 Å². The fraction of sp³-hybridized carbons (Fsp3) is 0.286. The Morgan fingerprint density at radius 3 is 2.55 bits per heavy atom. The molecule has 11 heavy (non-hydrogen) atoms. The van der Waals surface area contributed by atoms with Crippen LogP contribution in [-0.4, -0.2) is 0 Å². The van der Waals surface area contributed by atoms with Crippen molar-refractivity contribution in [3.05, 3.63) is 18.3 Å². The monoisotopic (exact) mass is 217 g/mol. The van der Waals surface area contributed by atoms with Crippen LogP contribution >= 0.6 is 0 Å². The second-order valence-electron chi connectivity index (χ2n) is 2.17. The number of anilines is 2. The number of nitrogen functional groups attached to an aromatic ring is 2. The van der Waals surface area contributed by atoms with Crippen LogP contribution in [0.15, 0.2) is 18.3 Å². The van der Waals surface area contributed by atoms with Gasteiger partial charge in [-0.25, -0.2) is 4.57 Å². The molecule has 1 aromatic rings. The fourth-order valence-electron chi connectivity index (χ4n) is 0.852. The third-order valence-corrected chi connectivity index (χ3v) is 1.43. The molecule has 1 aromatic heterocycles. The smallest absolute Gasteiger partial charge is 0.274 e. The Kier molecular flexibility index (Phi) is 3.89. The molecule has 0 radical (unpaired) electrons. The molecule has 4 heteroatoms. The second kappa shape index (κ2) is 4.18. The SMILES string of the molecule is CC[n+]1ccc(N)cc1N.[Br-]. The zero-order valence-electron chi connectivity index (χ0n) is 6.42. The molecule has 0 bridgehead atoms. The lowest BCUT2D eigenvalue weighted by molar-refractivity contribution is -0.679. The number of nitrogens with two attached hydrogens (primary N) is 2. The zero-order chi connectivity index (χ0) is 7.56. The van der Waals surface area contributed by atoms with E-state index in [1.807, 2.05) is 23.8 Å². The molecule has 0 amide bonds. The predicted molar refractivity (Wildman–Crippen MR) is 41.1 cm³/mol. The Bertz CT molecular complexity index is 237.